The van der Waals surface area contributed by atoms with E-state index in [0.717, 1.165) is 16.3 Å². The Hall–Kier alpha value is -1.43. The first-order chi connectivity index (χ1) is 8.45. The summed E-state index contributed by atoms with van der Waals surface area (Å²) >= 11 is 1.46. The molecule has 0 saturated carbocycles. The zero-order valence-electron chi connectivity index (χ0n) is 10.8. The van der Waals surface area contributed by atoms with Gasteiger partial charge in [-0.3, -0.25) is 9.59 Å². The maximum absolute atomic E-state index is 11.9. The van der Waals surface area contributed by atoms with Gasteiger partial charge >= 0.3 is 5.97 Å². The van der Waals surface area contributed by atoms with Crippen molar-refractivity contribution in [3.05, 3.63) is 15.6 Å². The van der Waals surface area contributed by atoms with E-state index in [-0.39, 0.29) is 12.5 Å². The number of hydrogen-bond donors (Lipinski definition) is 2. The fraction of sp³-hybridized carbons (Fsp3) is 0.583. The van der Waals surface area contributed by atoms with Crippen LogP contribution in [0.2, 0.25) is 0 Å². The maximum Gasteiger partial charge on any atom is 0.308 e. The van der Waals surface area contributed by atoms with E-state index in [0.29, 0.717) is 12.1 Å². The second kappa shape index (κ2) is 6.49. The zero-order valence-corrected chi connectivity index (χ0v) is 11.6. The summed E-state index contributed by atoms with van der Waals surface area (Å²) in [6, 6.07) is 0. The van der Waals surface area contributed by atoms with Crippen molar-refractivity contribution >= 4 is 23.2 Å². The molecule has 0 aliphatic heterocycles. The molecule has 100 valence electrons. The second-order valence-corrected chi connectivity index (χ2v) is 5.58. The van der Waals surface area contributed by atoms with Crippen molar-refractivity contribution in [2.24, 2.45) is 5.92 Å². The van der Waals surface area contributed by atoms with Crippen LogP contribution in [0, 0.1) is 19.8 Å². The Bertz CT molecular complexity index is 443. The summed E-state index contributed by atoms with van der Waals surface area (Å²) in [5.74, 6) is -1.69. The molecule has 0 aliphatic carbocycles. The minimum absolute atomic E-state index is 0.151. The summed E-state index contributed by atoms with van der Waals surface area (Å²) in [4.78, 5) is 27.8. The van der Waals surface area contributed by atoms with Crippen LogP contribution in [0.3, 0.4) is 0 Å². The van der Waals surface area contributed by atoms with E-state index in [2.05, 4.69) is 10.3 Å². The Labute approximate surface area is 110 Å². The van der Waals surface area contributed by atoms with Crippen LogP contribution in [0.25, 0.3) is 0 Å². The first kappa shape index (κ1) is 14.6. The number of aryl methyl sites for hydroxylation is 2. The zero-order chi connectivity index (χ0) is 13.7. The molecule has 6 heteroatoms. The van der Waals surface area contributed by atoms with Crippen molar-refractivity contribution < 1.29 is 14.7 Å². The smallest absolute Gasteiger partial charge is 0.308 e. The number of aromatic nitrogens is 1. The highest BCUT2D eigenvalue weighted by molar-refractivity contribution is 7.11. The lowest BCUT2D eigenvalue weighted by Gasteiger charge is -2.11. The number of nitrogens with zero attached hydrogens (tertiary/aromatic N) is 1. The molecule has 1 unspecified atom stereocenters. The van der Waals surface area contributed by atoms with Crippen molar-refractivity contribution in [2.75, 3.05) is 6.54 Å². The molecule has 2 N–H and O–H groups in total. The number of carbonyl (C=O) groups excluding carboxylic acids is 1. The number of carboxylic acid groups (broad SMARTS) is 1. The van der Waals surface area contributed by atoms with Gasteiger partial charge in [-0.25, -0.2) is 4.98 Å². The van der Waals surface area contributed by atoms with Crippen LogP contribution < -0.4 is 5.32 Å². The molecule has 5 nitrogen and oxygen atoms in total. The second-order valence-electron chi connectivity index (χ2n) is 4.17. The van der Waals surface area contributed by atoms with Gasteiger partial charge in [0.2, 0.25) is 0 Å². The summed E-state index contributed by atoms with van der Waals surface area (Å²) in [7, 11) is 0. The maximum atomic E-state index is 11.9. The van der Waals surface area contributed by atoms with Crippen LogP contribution in [-0.2, 0) is 4.79 Å². The number of rotatable bonds is 6. The molecule has 1 aromatic rings. The number of carbonyl (C=O) groups is 2. The van der Waals surface area contributed by atoms with Crippen molar-refractivity contribution in [3.8, 4) is 0 Å². The summed E-state index contributed by atoms with van der Waals surface area (Å²) in [5.41, 5.74) is 0.401. The van der Waals surface area contributed by atoms with Gasteiger partial charge < -0.3 is 10.4 Å². The van der Waals surface area contributed by atoms with Crippen LogP contribution in [0.15, 0.2) is 0 Å². The van der Waals surface area contributed by atoms with E-state index in [9.17, 15) is 9.59 Å². The average Bonchev–Trinajstić information content (AvgIpc) is 2.63. The summed E-state index contributed by atoms with van der Waals surface area (Å²) in [5, 5.41) is 12.5. The lowest BCUT2D eigenvalue weighted by molar-refractivity contribution is -0.141. The Kier molecular flexibility index (Phi) is 5.27. The van der Waals surface area contributed by atoms with E-state index in [1.807, 2.05) is 20.8 Å². The number of carboxylic acids is 1. The van der Waals surface area contributed by atoms with Crippen LogP contribution >= 0.6 is 11.3 Å². The normalized spacial score (nSPS) is 12.2. The summed E-state index contributed by atoms with van der Waals surface area (Å²) in [6.07, 6.45) is 1.34. The number of nitrogens with one attached hydrogen (secondary N) is 1. The van der Waals surface area contributed by atoms with Crippen molar-refractivity contribution in [1.82, 2.24) is 10.3 Å². The first-order valence-corrected chi connectivity index (χ1v) is 6.72. The lowest BCUT2D eigenvalue weighted by atomic mass is 10.0. The minimum atomic E-state index is -0.872. The van der Waals surface area contributed by atoms with Gasteiger partial charge in [0.15, 0.2) is 0 Å². The van der Waals surface area contributed by atoms with E-state index in [1.54, 1.807) is 0 Å². The van der Waals surface area contributed by atoms with Crippen LogP contribution in [-0.4, -0.2) is 28.5 Å². The Balaban J connectivity index is 2.60. The molecule has 1 heterocycles. The highest BCUT2D eigenvalue weighted by Gasteiger charge is 2.19. The molecule has 18 heavy (non-hydrogen) atoms. The highest BCUT2D eigenvalue weighted by Crippen LogP contribution is 2.16. The molecule has 0 bridgehead atoms. The molecular formula is C12H18N2O3S. The SMILES string of the molecule is CCCC(CNC(=O)c1nc(C)sc1C)C(=O)O. The van der Waals surface area contributed by atoms with Gasteiger partial charge in [0.1, 0.15) is 5.69 Å². The predicted octanol–water partition coefficient (Wildman–Crippen LogP) is 1.99. The van der Waals surface area contributed by atoms with Crippen molar-refractivity contribution in [2.45, 2.75) is 33.6 Å². The first-order valence-electron chi connectivity index (χ1n) is 5.90. The summed E-state index contributed by atoms with van der Waals surface area (Å²) in [6.45, 7) is 5.75. The molecule has 0 fully saturated rings. The third-order valence-corrected chi connectivity index (χ3v) is 3.50. The average molecular weight is 270 g/mol. The summed E-state index contributed by atoms with van der Waals surface area (Å²) < 4.78 is 0. The largest absolute Gasteiger partial charge is 0.481 e. The van der Waals surface area contributed by atoms with Gasteiger partial charge in [-0.15, -0.1) is 11.3 Å². The third kappa shape index (κ3) is 3.80. The topological polar surface area (TPSA) is 79.3 Å². The molecule has 1 amide bonds. The number of amides is 1. The van der Waals surface area contributed by atoms with Gasteiger partial charge in [0.05, 0.1) is 10.9 Å². The fourth-order valence-electron chi connectivity index (χ4n) is 1.70. The standard InChI is InChI=1S/C12H18N2O3S/c1-4-5-9(12(16)17)6-13-11(15)10-7(2)18-8(3)14-10/h9H,4-6H2,1-3H3,(H,13,15)(H,16,17). The molecule has 0 radical (unpaired) electrons. The van der Waals surface area contributed by atoms with Gasteiger partial charge in [-0.05, 0) is 20.3 Å². The number of aliphatic carboxylic acids is 1. The van der Waals surface area contributed by atoms with Crippen LogP contribution in [0.5, 0.6) is 0 Å². The number of thiazole rings is 1. The third-order valence-electron chi connectivity index (χ3n) is 2.61. The minimum Gasteiger partial charge on any atom is -0.481 e. The molecule has 0 aliphatic rings. The molecule has 1 atom stereocenters. The molecule has 0 saturated heterocycles. The Morgan fingerprint density at radius 3 is 2.56 bits per heavy atom. The van der Waals surface area contributed by atoms with Gasteiger partial charge in [0, 0.05) is 11.4 Å². The van der Waals surface area contributed by atoms with Gasteiger partial charge in [0.25, 0.3) is 5.91 Å². The quantitative estimate of drug-likeness (QED) is 0.828. The van der Waals surface area contributed by atoms with Gasteiger partial charge in [-0.1, -0.05) is 13.3 Å². The van der Waals surface area contributed by atoms with Crippen LogP contribution in [0.1, 0.15) is 40.1 Å². The highest BCUT2D eigenvalue weighted by atomic mass is 32.1. The monoisotopic (exact) mass is 270 g/mol. The molecule has 1 aromatic heterocycles. The van der Waals surface area contributed by atoms with Crippen LogP contribution in [0.4, 0.5) is 0 Å². The predicted molar refractivity (Wildman–Crippen MR) is 70.0 cm³/mol. The van der Waals surface area contributed by atoms with E-state index in [1.165, 1.54) is 11.3 Å². The molecule has 1 rings (SSSR count). The molecule has 0 spiro atoms. The van der Waals surface area contributed by atoms with Crippen molar-refractivity contribution in [3.63, 3.8) is 0 Å². The van der Waals surface area contributed by atoms with Crippen molar-refractivity contribution in [1.29, 1.82) is 0 Å². The number of hydrogen-bond acceptors (Lipinski definition) is 4. The van der Waals surface area contributed by atoms with E-state index >= 15 is 0 Å². The van der Waals surface area contributed by atoms with E-state index < -0.39 is 11.9 Å². The van der Waals surface area contributed by atoms with Gasteiger partial charge in [-0.2, -0.15) is 0 Å². The fourth-order valence-corrected chi connectivity index (χ4v) is 2.52. The molecular weight excluding hydrogens is 252 g/mol. The molecule has 0 aromatic carbocycles. The Morgan fingerprint density at radius 1 is 1.44 bits per heavy atom. The van der Waals surface area contributed by atoms with E-state index in [4.69, 9.17) is 5.11 Å². The Morgan fingerprint density at radius 2 is 2.11 bits per heavy atom. The lowest BCUT2D eigenvalue weighted by Crippen LogP contribution is -2.33.